The zero-order chi connectivity index (χ0) is 18.0. The first kappa shape index (κ1) is 17.1. The SMILES string of the molecule is CC(=O)COC(=O)c1c(C)c(-c2cccc(Cl)c2)nc2ccccc12. The van der Waals surface area contributed by atoms with Crippen LogP contribution in [0.2, 0.25) is 5.02 Å². The molecule has 25 heavy (non-hydrogen) atoms. The van der Waals surface area contributed by atoms with Gasteiger partial charge in [-0.1, -0.05) is 41.9 Å². The number of pyridine rings is 1. The van der Waals surface area contributed by atoms with Crippen LogP contribution >= 0.6 is 11.6 Å². The molecule has 1 heterocycles. The third-order valence-electron chi connectivity index (χ3n) is 3.84. The molecule has 3 rings (SSSR count). The van der Waals surface area contributed by atoms with Gasteiger partial charge in [0.05, 0.1) is 16.8 Å². The molecular formula is C20H16ClNO3. The highest BCUT2D eigenvalue weighted by atomic mass is 35.5. The summed E-state index contributed by atoms with van der Waals surface area (Å²) in [4.78, 5) is 28.4. The molecule has 0 saturated heterocycles. The van der Waals surface area contributed by atoms with Crippen molar-refractivity contribution in [3.63, 3.8) is 0 Å². The van der Waals surface area contributed by atoms with Crippen LogP contribution in [0.3, 0.4) is 0 Å². The maximum atomic E-state index is 12.6. The lowest BCUT2D eigenvalue weighted by Crippen LogP contribution is -2.14. The van der Waals surface area contributed by atoms with Crippen LogP contribution in [0.25, 0.3) is 22.2 Å². The predicted octanol–water partition coefficient (Wildman–Crippen LogP) is 4.61. The molecule has 0 radical (unpaired) electrons. The van der Waals surface area contributed by atoms with Crippen LogP contribution in [0.15, 0.2) is 48.5 Å². The van der Waals surface area contributed by atoms with Gasteiger partial charge in [0.25, 0.3) is 0 Å². The first-order chi connectivity index (χ1) is 12.0. The van der Waals surface area contributed by atoms with Gasteiger partial charge in [0.15, 0.2) is 5.78 Å². The molecular weight excluding hydrogens is 338 g/mol. The van der Waals surface area contributed by atoms with Gasteiger partial charge < -0.3 is 4.74 Å². The van der Waals surface area contributed by atoms with E-state index in [2.05, 4.69) is 0 Å². The number of benzene rings is 2. The maximum absolute atomic E-state index is 12.6. The number of ketones is 1. The molecule has 0 atom stereocenters. The topological polar surface area (TPSA) is 56.3 Å². The van der Waals surface area contributed by atoms with Crippen LogP contribution in [0.5, 0.6) is 0 Å². The fourth-order valence-corrected chi connectivity index (χ4v) is 2.92. The molecule has 0 aliphatic heterocycles. The van der Waals surface area contributed by atoms with E-state index in [1.165, 1.54) is 6.92 Å². The van der Waals surface area contributed by atoms with Crippen molar-refractivity contribution in [2.45, 2.75) is 13.8 Å². The van der Waals surface area contributed by atoms with Crippen LogP contribution in [0.1, 0.15) is 22.8 Å². The smallest absolute Gasteiger partial charge is 0.339 e. The number of fused-ring (bicyclic) bond motifs is 1. The Morgan fingerprint density at radius 1 is 1.12 bits per heavy atom. The number of halogens is 1. The molecule has 0 saturated carbocycles. The Balaban J connectivity index is 2.22. The van der Waals surface area contributed by atoms with Gasteiger partial charge in [-0.25, -0.2) is 9.78 Å². The number of Topliss-reactive ketones (excluding diaryl/α,β-unsaturated/α-hetero) is 1. The summed E-state index contributed by atoms with van der Waals surface area (Å²) in [5.74, 6) is -0.742. The minimum atomic E-state index is -0.533. The highest BCUT2D eigenvalue weighted by molar-refractivity contribution is 6.30. The van der Waals surface area contributed by atoms with Gasteiger partial charge in [0.2, 0.25) is 0 Å². The Morgan fingerprint density at radius 2 is 1.88 bits per heavy atom. The lowest BCUT2D eigenvalue weighted by molar-refractivity contribution is -0.120. The van der Waals surface area contributed by atoms with Gasteiger partial charge in [-0.2, -0.15) is 0 Å². The summed E-state index contributed by atoms with van der Waals surface area (Å²) in [7, 11) is 0. The molecule has 0 amide bonds. The zero-order valence-corrected chi connectivity index (χ0v) is 14.6. The average molecular weight is 354 g/mol. The number of aromatic nitrogens is 1. The number of carbonyl (C=O) groups is 2. The number of para-hydroxylation sites is 1. The highest BCUT2D eigenvalue weighted by Gasteiger charge is 2.20. The predicted molar refractivity (Wildman–Crippen MR) is 97.9 cm³/mol. The number of ether oxygens (including phenoxy) is 1. The molecule has 3 aromatic rings. The fraction of sp³-hybridized carbons (Fsp3) is 0.150. The molecule has 1 aromatic heterocycles. The molecule has 2 aromatic carbocycles. The van der Waals surface area contributed by atoms with Gasteiger partial charge in [-0.15, -0.1) is 0 Å². The van der Waals surface area contributed by atoms with E-state index in [9.17, 15) is 9.59 Å². The van der Waals surface area contributed by atoms with E-state index in [-0.39, 0.29) is 12.4 Å². The van der Waals surface area contributed by atoms with E-state index in [1.807, 2.05) is 43.3 Å². The maximum Gasteiger partial charge on any atom is 0.339 e. The molecule has 0 spiro atoms. The van der Waals surface area contributed by atoms with E-state index in [4.69, 9.17) is 21.3 Å². The van der Waals surface area contributed by atoms with Crippen molar-refractivity contribution in [2.75, 3.05) is 6.61 Å². The summed E-state index contributed by atoms with van der Waals surface area (Å²) in [6.45, 7) is 2.95. The third-order valence-corrected chi connectivity index (χ3v) is 4.08. The normalized spacial score (nSPS) is 10.7. The van der Waals surface area contributed by atoms with Gasteiger partial charge in [0, 0.05) is 16.0 Å². The molecule has 126 valence electrons. The van der Waals surface area contributed by atoms with Crippen molar-refractivity contribution in [1.29, 1.82) is 0 Å². The number of hydrogen-bond acceptors (Lipinski definition) is 4. The molecule has 0 unspecified atom stereocenters. The fourth-order valence-electron chi connectivity index (χ4n) is 2.73. The van der Waals surface area contributed by atoms with Crippen molar-refractivity contribution < 1.29 is 14.3 Å². The lowest BCUT2D eigenvalue weighted by atomic mass is 9.98. The monoisotopic (exact) mass is 353 g/mol. The summed E-state index contributed by atoms with van der Waals surface area (Å²) in [6.07, 6.45) is 0. The Labute approximate surface area is 150 Å². The highest BCUT2D eigenvalue weighted by Crippen LogP contribution is 2.31. The van der Waals surface area contributed by atoms with Gasteiger partial charge in [0.1, 0.15) is 6.61 Å². The molecule has 0 bridgehead atoms. The summed E-state index contributed by atoms with van der Waals surface area (Å²) in [5.41, 5.74) is 3.27. The summed E-state index contributed by atoms with van der Waals surface area (Å²) in [6, 6.07) is 14.7. The Morgan fingerprint density at radius 3 is 2.60 bits per heavy atom. The van der Waals surface area contributed by atoms with Crippen LogP contribution in [0, 0.1) is 6.92 Å². The van der Waals surface area contributed by atoms with Crippen molar-refractivity contribution in [1.82, 2.24) is 4.98 Å². The van der Waals surface area contributed by atoms with Gasteiger partial charge in [-0.05, 0) is 37.6 Å². The van der Waals surface area contributed by atoms with Crippen LogP contribution in [-0.4, -0.2) is 23.3 Å². The van der Waals surface area contributed by atoms with E-state index in [0.717, 1.165) is 5.56 Å². The van der Waals surface area contributed by atoms with E-state index in [0.29, 0.717) is 32.7 Å². The minimum Gasteiger partial charge on any atom is -0.454 e. The molecule has 0 fully saturated rings. The van der Waals surface area contributed by atoms with Crippen LogP contribution in [-0.2, 0) is 9.53 Å². The second kappa shape index (κ2) is 7.03. The van der Waals surface area contributed by atoms with Crippen LogP contribution in [0.4, 0.5) is 0 Å². The summed E-state index contributed by atoms with van der Waals surface area (Å²) >= 11 is 6.10. The molecule has 0 aliphatic carbocycles. The minimum absolute atomic E-state index is 0.209. The first-order valence-electron chi connectivity index (χ1n) is 7.79. The molecule has 5 heteroatoms. The van der Waals surface area contributed by atoms with Crippen molar-refractivity contribution in [3.8, 4) is 11.3 Å². The number of hydrogen-bond donors (Lipinski definition) is 0. The number of esters is 1. The Hall–Kier alpha value is -2.72. The van der Waals surface area contributed by atoms with Gasteiger partial charge in [-0.3, -0.25) is 4.79 Å². The second-order valence-corrected chi connectivity index (χ2v) is 6.20. The zero-order valence-electron chi connectivity index (χ0n) is 13.9. The van der Waals surface area contributed by atoms with Gasteiger partial charge >= 0.3 is 5.97 Å². The summed E-state index contributed by atoms with van der Waals surface area (Å²) in [5, 5.41) is 1.28. The van der Waals surface area contributed by atoms with Crippen molar-refractivity contribution >= 4 is 34.3 Å². The second-order valence-electron chi connectivity index (χ2n) is 5.77. The number of nitrogens with zero attached hydrogens (tertiary/aromatic N) is 1. The molecule has 0 N–H and O–H groups in total. The quantitative estimate of drug-likeness (QED) is 0.643. The molecule has 0 aliphatic rings. The van der Waals surface area contributed by atoms with Crippen molar-refractivity contribution in [2.24, 2.45) is 0 Å². The Bertz CT molecular complexity index is 982. The summed E-state index contributed by atoms with van der Waals surface area (Å²) < 4.78 is 5.15. The Kier molecular flexibility index (Phi) is 4.81. The van der Waals surface area contributed by atoms with E-state index in [1.54, 1.807) is 12.1 Å². The first-order valence-corrected chi connectivity index (χ1v) is 8.17. The largest absolute Gasteiger partial charge is 0.454 e. The lowest BCUT2D eigenvalue weighted by Gasteiger charge is -2.14. The number of rotatable bonds is 4. The third kappa shape index (κ3) is 3.54. The van der Waals surface area contributed by atoms with E-state index >= 15 is 0 Å². The van der Waals surface area contributed by atoms with E-state index < -0.39 is 5.97 Å². The standard InChI is InChI=1S/C20H16ClNO3/c1-12(23)11-25-20(24)18-13(2)19(14-6-5-7-15(21)10-14)22-17-9-4-3-8-16(17)18/h3-10H,11H2,1-2H3. The number of carbonyl (C=O) groups excluding carboxylic acids is 2. The van der Waals surface area contributed by atoms with Crippen molar-refractivity contribution in [3.05, 3.63) is 64.7 Å². The van der Waals surface area contributed by atoms with Crippen LogP contribution < -0.4 is 0 Å². The molecule has 4 nitrogen and oxygen atoms in total. The average Bonchev–Trinajstić information content (AvgIpc) is 2.59.